The molecule has 0 saturated carbocycles. The molecule has 1 N–H and O–H groups in total. The molecule has 2 aromatic rings. The molecule has 3 rings (SSSR count). The fraction of sp³-hybridized carbons (Fsp3) is 0.333. The summed E-state index contributed by atoms with van der Waals surface area (Å²) in [6.45, 7) is 2.70. The number of amides is 1. The van der Waals surface area contributed by atoms with Crippen LogP contribution in [0.15, 0.2) is 36.5 Å². The number of carbonyl (C=O) groups excluding carboxylic acids is 1. The molecule has 1 fully saturated rings. The summed E-state index contributed by atoms with van der Waals surface area (Å²) < 4.78 is 39.0. The number of alkyl halides is 3. The van der Waals surface area contributed by atoms with Gasteiger partial charge in [-0.15, -0.1) is 12.4 Å². The number of benzene rings is 1. The number of hydrogen-bond acceptors (Lipinski definition) is 3. The smallest absolute Gasteiger partial charge is 0.336 e. The average Bonchev–Trinajstić information content (AvgIpc) is 3.05. The summed E-state index contributed by atoms with van der Waals surface area (Å²) in [5, 5.41) is 6.68. The lowest BCUT2D eigenvalue weighted by Crippen LogP contribution is -2.46. The first-order chi connectivity index (χ1) is 10.9. The van der Waals surface area contributed by atoms with Crippen LogP contribution in [-0.4, -0.2) is 46.8 Å². The third-order valence-electron chi connectivity index (χ3n) is 3.64. The average molecular weight is 361 g/mol. The maximum absolute atomic E-state index is 12.6. The van der Waals surface area contributed by atoms with Crippen molar-refractivity contribution in [1.29, 1.82) is 0 Å². The number of hydrogen-bond donors (Lipinski definition) is 1. The lowest BCUT2D eigenvalue weighted by atomic mass is 10.1. The summed E-state index contributed by atoms with van der Waals surface area (Å²) in [7, 11) is 0. The lowest BCUT2D eigenvalue weighted by Gasteiger charge is -2.27. The molecular formula is C15H16ClF3N4O. The SMILES string of the molecule is Cl.O=C(c1cccc(-n2ccc(C(F)(F)F)n2)c1)N1CCNCC1. The Bertz CT molecular complexity index is 711. The number of halogens is 4. The maximum atomic E-state index is 12.6. The van der Waals surface area contributed by atoms with Crippen LogP contribution in [0.4, 0.5) is 13.2 Å². The predicted octanol–water partition coefficient (Wildman–Crippen LogP) is 2.36. The third kappa shape index (κ3) is 3.88. The molecule has 0 radical (unpaired) electrons. The van der Waals surface area contributed by atoms with E-state index in [0.29, 0.717) is 24.3 Å². The molecule has 130 valence electrons. The molecule has 1 aromatic heterocycles. The topological polar surface area (TPSA) is 50.2 Å². The molecule has 0 bridgehead atoms. The van der Waals surface area contributed by atoms with E-state index in [-0.39, 0.29) is 18.3 Å². The van der Waals surface area contributed by atoms with Crippen LogP contribution in [0.25, 0.3) is 5.69 Å². The van der Waals surface area contributed by atoms with E-state index in [1.807, 2.05) is 0 Å². The first kappa shape index (κ1) is 18.3. The van der Waals surface area contributed by atoms with Crippen LogP contribution >= 0.6 is 12.4 Å². The van der Waals surface area contributed by atoms with Crippen molar-refractivity contribution in [3.8, 4) is 5.69 Å². The molecule has 1 aliphatic rings. The first-order valence-electron chi connectivity index (χ1n) is 7.18. The van der Waals surface area contributed by atoms with E-state index < -0.39 is 11.9 Å². The van der Waals surface area contributed by atoms with Crippen molar-refractivity contribution in [1.82, 2.24) is 20.0 Å². The molecular weight excluding hydrogens is 345 g/mol. The highest BCUT2D eigenvalue weighted by Crippen LogP contribution is 2.28. The Hall–Kier alpha value is -2.06. The van der Waals surface area contributed by atoms with Crippen LogP contribution in [0.5, 0.6) is 0 Å². The fourth-order valence-electron chi connectivity index (χ4n) is 2.45. The molecule has 0 unspecified atom stereocenters. The van der Waals surface area contributed by atoms with Crippen molar-refractivity contribution in [2.75, 3.05) is 26.2 Å². The van der Waals surface area contributed by atoms with E-state index in [4.69, 9.17) is 0 Å². The minimum atomic E-state index is -4.49. The van der Waals surface area contributed by atoms with E-state index in [1.54, 1.807) is 29.2 Å². The van der Waals surface area contributed by atoms with Gasteiger partial charge in [0.2, 0.25) is 0 Å². The van der Waals surface area contributed by atoms with E-state index in [9.17, 15) is 18.0 Å². The molecule has 0 aliphatic carbocycles. The van der Waals surface area contributed by atoms with Crippen molar-refractivity contribution in [3.05, 3.63) is 47.8 Å². The van der Waals surface area contributed by atoms with Gasteiger partial charge in [-0.25, -0.2) is 4.68 Å². The molecule has 0 atom stereocenters. The van der Waals surface area contributed by atoms with Gasteiger partial charge < -0.3 is 10.2 Å². The Labute approximate surface area is 142 Å². The zero-order valence-corrected chi connectivity index (χ0v) is 13.4. The van der Waals surface area contributed by atoms with Crippen molar-refractivity contribution in [3.63, 3.8) is 0 Å². The van der Waals surface area contributed by atoms with E-state index in [0.717, 1.165) is 23.8 Å². The van der Waals surface area contributed by atoms with Gasteiger partial charge in [0.25, 0.3) is 5.91 Å². The number of nitrogens with one attached hydrogen (secondary N) is 1. The molecule has 2 heterocycles. The summed E-state index contributed by atoms with van der Waals surface area (Å²) in [5.74, 6) is -0.128. The van der Waals surface area contributed by atoms with Crippen molar-refractivity contribution < 1.29 is 18.0 Å². The lowest BCUT2D eigenvalue weighted by molar-refractivity contribution is -0.141. The van der Waals surface area contributed by atoms with Crippen LogP contribution in [0.3, 0.4) is 0 Å². The summed E-state index contributed by atoms with van der Waals surface area (Å²) in [5.41, 5.74) is -0.105. The predicted molar refractivity (Wildman–Crippen MR) is 84.6 cm³/mol. The van der Waals surface area contributed by atoms with Gasteiger partial charge in [-0.3, -0.25) is 4.79 Å². The van der Waals surface area contributed by atoms with Crippen molar-refractivity contribution in [2.24, 2.45) is 0 Å². The Morgan fingerprint density at radius 3 is 2.50 bits per heavy atom. The second-order valence-electron chi connectivity index (χ2n) is 5.24. The minimum Gasteiger partial charge on any atom is -0.336 e. The Kier molecular flexibility index (Phi) is 5.51. The fourth-order valence-corrected chi connectivity index (χ4v) is 2.45. The van der Waals surface area contributed by atoms with E-state index in [2.05, 4.69) is 10.4 Å². The monoisotopic (exact) mass is 360 g/mol. The Morgan fingerprint density at radius 2 is 1.88 bits per heavy atom. The molecule has 24 heavy (non-hydrogen) atoms. The highest BCUT2D eigenvalue weighted by molar-refractivity contribution is 5.94. The van der Waals surface area contributed by atoms with Crippen molar-refractivity contribution in [2.45, 2.75) is 6.18 Å². The number of carbonyl (C=O) groups is 1. The van der Waals surface area contributed by atoms with Crippen molar-refractivity contribution >= 4 is 18.3 Å². The molecule has 1 amide bonds. The zero-order valence-electron chi connectivity index (χ0n) is 12.6. The quantitative estimate of drug-likeness (QED) is 0.894. The summed E-state index contributed by atoms with van der Waals surface area (Å²) in [4.78, 5) is 14.2. The number of nitrogens with zero attached hydrogens (tertiary/aromatic N) is 3. The molecule has 0 spiro atoms. The maximum Gasteiger partial charge on any atom is 0.435 e. The van der Waals surface area contributed by atoms with Gasteiger partial charge in [-0.1, -0.05) is 6.07 Å². The van der Waals surface area contributed by atoms with Gasteiger partial charge in [0.05, 0.1) is 5.69 Å². The standard InChI is InChI=1S/C15H15F3N4O.ClH/c16-15(17,18)13-4-7-22(20-13)12-3-1-2-11(10-12)14(23)21-8-5-19-6-9-21;/h1-4,7,10,19H,5-6,8-9H2;1H. The van der Waals surface area contributed by atoms with Crippen LogP contribution in [-0.2, 0) is 6.18 Å². The minimum absolute atomic E-state index is 0. The highest BCUT2D eigenvalue weighted by atomic mass is 35.5. The third-order valence-corrected chi connectivity index (χ3v) is 3.64. The van der Waals surface area contributed by atoms with Gasteiger partial charge in [0, 0.05) is 37.9 Å². The molecule has 5 nitrogen and oxygen atoms in total. The number of piperazine rings is 1. The molecule has 1 aromatic carbocycles. The summed E-state index contributed by atoms with van der Waals surface area (Å²) >= 11 is 0. The normalized spacial score (nSPS) is 15.0. The largest absolute Gasteiger partial charge is 0.435 e. The summed E-state index contributed by atoms with van der Waals surface area (Å²) in [6.07, 6.45) is -3.25. The van der Waals surface area contributed by atoms with Gasteiger partial charge in [0.15, 0.2) is 5.69 Å². The van der Waals surface area contributed by atoms with Gasteiger partial charge in [-0.05, 0) is 24.3 Å². The Balaban J connectivity index is 0.00000208. The van der Waals surface area contributed by atoms with E-state index >= 15 is 0 Å². The van der Waals surface area contributed by atoms with Gasteiger partial charge in [0.1, 0.15) is 0 Å². The molecule has 9 heteroatoms. The second-order valence-corrected chi connectivity index (χ2v) is 5.24. The Morgan fingerprint density at radius 1 is 1.17 bits per heavy atom. The van der Waals surface area contributed by atoms with Crippen LogP contribution in [0.2, 0.25) is 0 Å². The molecule has 1 aliphatic heterocycles. The molecule has 1 saturated heterocycles. The number of aromatic nitrogens is 2. The first-order valence-corrected chi connectivity index (χ1v) is 7.18. The highest BCUT2D eigenvalue weighted by Gasteiger charge is 2.33. The van der Waals surface area contributed by atoms with Crippen LogP contribution in [0.1, 0.15) is 16.1 Å². The second kappa shape index (κ2) is 7.23. The van der Waals surface area contributed by atoms with Gasteiger partial charge in [-0.2, -0.15) is 18.3 Å². The number of rotatable bonds is 2. The zero-order chi connectivity index (χ0) is 16.4. The van der Waals surface area contributed by atoms with Crippen LogP contribution < -0.4 is 5.32 Å². The summed E-state index contributed by atoms with van der Waals surface area (Å²) in [6, 6.07) is 7.37. The van der Waals surface area contributed by atoms with Crippen LogP contribution in [0, 0.1) is 0 Å². The van der Waals surface area contributed by atoms with E-state index in [1.165, 1.54) is 6.20 Å². The van der Waals surface area contributed by atoms with Gasteiger partial charge >= 0.3 is 6.18 Å².